The highest BCUT2D eigenvalue weighted by atomic mass is 35.5. The fourth-order valence-electron chi connectivity index (χ4n) is 2.32. The molecule has 2 N–H and O–H groups in total. The molecule has 0 heterocycles. The van der Waals surface area contributed by atoms with E-state index >= 15 is 0 Å². The van der Waals surface area contributed by atoms with Crippen LogP contribution in [-0.2, 0) is 6.54 Å². The van der Waals surface area contributed by atoms with Crippen LogP contribution < -0.4 is 10.1 Å². The molecule has 0 spiro atoms. The first-order valence-corrected chi connectivity index (χ1v) is 8.26. The summed E-state index contributed by atoms with van der Waals surface area (Å²) < 4.78 is 5.61. The summed E-state index contributed by atoms with van der Waals surface area (Å²) in [6.45, 7) is 6.04. The molecule has 2 rings (SSSR count). The van der Waals surface area contributed by atoms with E-state index < -0.39 is 5.97 Å². The Morgan fingerprint density at radius 1 is 1.25 bits per heavy atom. The lowest BCUT2D eigenvalue weighted by Gasteiger charge is -2.15. The second-order valence-electron chi connectivity index (χ2n) is 5.69. The van der Waals surface area contributed by atoms with E-state index in [-0.39, 0.29) is 11.7 Å². The number of carbonyl (C=O) groups is 1. The molecular weight excluding hydrogens is 349 g/mol. The Hall–Kier alpha value is -1.91. The van der Waals surface area contributed by atoms with Crippen LogP contribution >= 0.6 is 23.2 Å². The van der Waals surface area contributed by atoms with Crippen molar-refractivity contribution >= 4 is 34.9 Å². The van der Waals surface area contributed by atoms with Gasteiger partial charge >= 0.3 is 5.97 Å². The molecule has 0 amide bonds. The minimum atomic E-state index is -0.947. The number of rotatable bonds is 6. The molecule has 2 aromatic carbocycles. The van der Waals surface area contributed by atoms with Crippen LogP contribution in [0.25, 0.3) is 0 Å². The first-order chi connectivity index (χ1) is 11.3. The normalized spacial score (nSPS) is 10.8. The van der Waals surface area contributed by atoms with Gasteiger partial charge in [0.1, 0.15) is 0 Å². The van der Waals surface area contributed by atoms with Gasteiger partial charge in [-0.05, 0) is 56.2 Å². The maximum atomic E-state index is 11.2. The Morgan fingerprint density at radius 2 is 1.88 bits per heavy atom. The zero-order valence-corrected chi connectivity index (χ0v) is 15.2. The quantitative estimate of drug-likeness (QED) is 0.717. The predicted octanol–water partition coefficient (Wildman–Crippen LogP) is 5.40. The fourth-order valence-corrected chi connectivity index (χ4v) is 2.94. The van der Waals surface area contributed by atoms with Crippen LogP contribution in [0.2, 0.25) is 10.0 Å². The highest BCUT2D eigenvalue weighted by Crippen LogP contribution is 2.35. The first kappa shape index (κ1) is 18.4. The molecule has 6 heteroatoms. The molecule has 4 nitrogen and oxygen atoms in total. The lowest BCUT2D eigenvalue weighted by molar-refractivity contribution is 0.0696. The summed E-state index contributed by atoms with van der Waals surface area (Å²) in [5.74, 6) is -0.474. The van der Waals surface area contributed by atoms with Crippen molar-refractivity contribution in [1.29, 1.82) is 0 Å². The summed E-state index contributed by atoms with van der Waals surface area (Å²) >= 11 is 12.5. The van der Waals surface area contributed by atoms with E-state index in [9.17, 15) is 9.90 Å². The zero-order chi connectivity index (χ0) is 17.9. The Labute approximate surface area is 151 Å². The van der Waals surface area contributed by atoms with E-state index in [0.29, 0.717) is 27.9 Å². The average Bonchev–Trinajstić information content (AvgIpc) is 2.49. The Bertz CT molecular complexity index is 737. The Balaban J connectivity index is 2.19. The maximum absolute atomic E-state index is 11.2. The number of anilines is 1. The van der Waals surface area contributed by atoms with Gasteiger partial charge in [0.25, 0.3) is 0 Å². The van der Waals surface area contributed by atoms with Crippen LogP contribution in [0.15, 0.2) is 30.3 Å². The van der Waals surface area contributed by atoms with Crippen molar-refractivity contribution in [3.05, 3.63) is 57.1 Å². The minimum absolute atomic E-state index is 0.0228. The van der Waals surface area contributed by atoms with Crippen molar-refractivity contribution in [1.82, 2.24) is 0 Å². The zero-order valence-electron chi connectivity index (χ0n) is 13.7. The van der Waals surface area contributed by atoms with Crippen molar-refractivity contribution in [2.45, 2.75) is 33.4 Å². The molecule has 0 bridgehead atoms. The van der Waals surface area contributed by atoms with Crippen molar-refractivity contribution in [2.24, 2.45) is 0 Å². The van der Waals surface area contributed by atoms with Gasteiger partial charge in [-0.2, -0.15) is 0 Å². The van der Waals surface area contributed by atoms with Gasteiger partial charge < -0.3 is 15.2 Å². The number of carboxylic acid groups (broad SMARTS) is 1. The molecule has 0 aliphatic heterocycles. The van der Waals surface area contributed by atoms with E-state index in [1.165, 1.54) is 0 Å². The third-order valence-corrected chi connectivity index (χ3v) is 4.02. The second kappa shape index (κ2) is 7.77. The van der Waals surface area contributed by atoms with E-state index in [0.717, 1.165) is 11.3 Å². The molecule has 0 radical (unpaired) electrons. The second-order valence-corrected chi connectivity index (χ2v) is 6.51. The van der Waals surface area contributed by atoms with Crippen LogP contribution in [0.1, 0.15) is 35.3 Å². The van der Waals surface area contributed by atoms with Crippen LogP contribution in [0.4, 0.5) is 5.69 Å². The molecule has 0 saturated carbocycles. The number of aromatic carboxylic acids is 1. The van der Waals surface area contributed by atoms with Gasteiger partial charge in [0, 0.05) is 12.2 Å². The third kappa shape index (κ3) is 4.34. The monoisotopic (exact) mass is 367 g/mol. The van der Waals surface area contributed by atoms with E-state index in [4.69, 9.17) is 27.9 Å². The molecule has 0 unspecified atom stereocenters. The van der Waals surface area contributed by atoms with Crippen molar-refractivity contribution in [2.75, 3.05) is 5.32 Å². The number of carboxylic acids is 1. The molecule has 0 aliphatic carbocycles. The van der Waals surface area contributed by atoms with Gasteiger partial charge in [0.2, 0.25) is 0 Å². The summed E-state index contributed by atoms with van der Waals surface area (Å²) in [6, 6.07) is 8.69. The van der Waals surface area contributed by atoms with Gasteiger partial charge in [-0.1, -0.05) is 29.3 Å². The predicted molar refractivity (Wildman–Crippen MR) is 97.7 cm³/mol. The average molecular weight is 368 g/mol. The van der Waals surface area contributed by atoms with Crippen LogP contribution in [0, 0.1) is 6.92 Å². The molecular formula is C18H19Cl2NO3. The number of hydrogen-bond acceptors (Lipinski definition) is 3. The summed E-state index contributed by atoms with van der Waals surface area (Å²) in [5.41, 5.74) is 2.59. The topological polar surface area (TPSA) is 58.6 Å². The van der Waals surface area contributed by atoms with Gasteiger partial charge in [-0.3, -0.25) is 0 Å². The molecule has 0 atom stereocenters. The van der Waals surface area contributed by atoms with Gasteiger partial charge in [-0.25, -0.2) is 4.79 Å². The van der Waals surface area contributed by atoms with E-state index in [1.54, 1.807) is 31.2 Å². The lowest BCUT2D eigenvalue weighted by atomic mass is 10.1. The number of benzene rings is 2. The molecule has 0 fully saturated rings. The standard InChI is InChI=1S/C18H19Cl2NO3/c1-10(2)24-17-14(19)7-12(8-15(17)20)9-21-16-6-4-5-13(11(16)3)18(22)23/h4-8,10,21H,9H2,1-3H3,(H,22,23). The highest BCUT2D eigenvalue weighted by molar-refractivity contribution is 6.37. The van der Waals surface area contributed by atoms with E-state index in [2.05, 4.69) is 5.32 Å². The number of nitrogens with one attached hydrogen (secondary N) is 1. The van der Waals surface area contributed by atoms with Crippen LogP contribution in [-0.4, -0.2) is 17.2 Å². The molecule has 24 heavy (non-hydrogen) atoms. The number of halogens is 2. The van der Waals surface area contributed by atoms with Gasteiger partial charge in [-0.15, -0.1) is 0 Å². The van der Waals surface area contributed by atoms with Crippen molar-refractivity contribution < 1.29 is 14.6 Å². The third-order valence-electron chi connectivity index (χ3n) is 3.46. The molecule has 128 valence electrons. The smallest absolute Gasteiger partial charge is 0.336 e. The summed E-state index contributed by atoms with van der Waals surface area (Å²) in [7, 11) is 0. The van der Waals surface area contributed by atoms with E-state index in [1.807, 2.05) is 19.9 Å². The SMILES string of the molecule is Cc1c(NCc2cc(Cl)c(OC(C)C)c(Cl)c2)cccc1C(=O)O. The summed E-state index contributed by atoms with van der Waals surface area (Å²) in [5, 5.41) is 13.3. The highest BCUT2D eigenvalue weighted by Gasteiger charge is 2.13. The van der Waals surface area contributed by atoms with Crippen LogP contribution in [0.5, 0.6) is 5.75 Å². The molecule has 0 aliphatic rings. The summed E-state index contributed by atoms with van der Waals surface area (Å²) in [6.07, 6.45) is -0.0228. The van der Waals surface area contributed by atoms with Crippen molar-refractivity contribution in [3.8, 4) is 5.75 Å². The Morgan fingerprint density at radius 3 is 2.42 bits per heavy atom. The maximum Gasteiger partial charge on any atom is 0.336 e. The lowest BCUT2D eigenvalue weighted by Crippen LogP contribution is -2.08. The van der Waals surface area contributed by atoms with Gasteiger partial charge in [0.05, 0.1) is 21.7 Å². The van der Waals surface area contributed by atoms with Crippen LogP contribution in [0.3, 0.4) is 0 Å². The molecule has 0 aromatic heterocycles. The fraction of sp³-hybridized carbons (Fsp3) is 0.278. The first-order valence-electron chi connectivity index (χ1n) is 7.51. The minimum Gasteiger partial charge on any atom is -0.488 e. The summed E-state index contributed by atoms with van der Waals surface area (Å²) in [4.78, 5) is 11.2. The molecule has 2 aromatic rings. The number of hydrogen-bond donors (Lipinski definition) is 2. The van der Waals surface area contributed by atoms with Gasteiger partial charge in [0.15, 0.2) is 5.75 Å². The van der Waals surface area contributed by atoms with Crippen molar-refractivity contribution in [3.63, 3.8) is 0 Å². The number of ether oxygens (including phenoxy) is 1. The molecule has 0 saturated heterocycles. The Kier molecular flexibility index (Phi) is 5.97. The largest absolute Gasteiger partial charge is 0.488 e.